The molecule has 0 bridgehead atoms. The second-order valence-corrected chi connectivity index (χ2v) is 4.47. The van der Waals surface area contributed by atoms with Crippen molar-refractivity contribution in [3.8, 4) is 0 Å². The molecule has 1 rings (SSSR count). The van der Waals surface area contributed by atoms with Crippen LogP contribution in [0.5, 0.6) is 0 Å². The fourth-order valence-corrected chi connectivity index (χ4v) is 1.21. The molecule has 0 unspecified atom stereocenters. The minimum atomic E-state index is -0.257. The Bertz CT molecular complexity index is 287. The van der Waals surface area contributed by atoms with Gasteiger partial charge in [-0.1, -0.05) is 0 Å². The first-order valence-electron chi connectivity index (χ1n) is 4.69. The highest BCUT2D eigenvalue weighted by molar-refractivity contribution is 5.94. The average Bonchev–Trinajstić information content (AvgIpc) is 2.30. The van der Waals surface area contributed by atoms with Crippen LogP contribution in [0, 0.1) is 0 Å². The first-order chi connectivity index (χ1) is 6.37. The molecular weight excluding hydrogens is 180 g/mol. The molecule has 0 aromatic heterocycles. The topological polar surface area (TPSA) is 58.2 Å². The lowest BCUT2D eigenvalue weighted by molar-refractivity contribution is -0.114. The standard InChI is InChI=1S/C10H16N2O2/c1-10(2,3)12-9(14)11-7-4-5-8(13)6-7/h6H,4-5H2,1-3H3,(H2,11,12,14). The van der Waals surface area contributed by atoms with E-state index in [-0.39, 0.29) is 17.4 Å². The molecule has 0 atom stereocenters. The molecule has 0 saturated heterocycles. The fourth-order valence-electron chi connectivity index (χ4n) is 1.21. The van der Waals surface area contributed by atoms with Gasteiger partial charge in [0.1, 0.15) is 0 Å². The van der Waals surface area contributed by atoms with Crippen molar-refractivity contribution in [3.63, 3.8) is 0 Å². The number of ketones is 1. The number of amides is 2. The minimum Gasteiger partial charge on any atom is -0.333 e. The van der Waals surface area contributed by atoms with E-state index in [1.165, 1.54) is 6.08 Å². The van der Waals surface area contributed by atoms with Crippen LogP contribution in [0.25, 0.3) is 0 Å². The maximum absolute atomic E-state index is 11.3. The van der Waals surface area contributed by atoms with E-state index in [0.717, 1.165) is 0 Å². The van der Waals surface area contributed by atoms with Crippen molar-refractivity contribution in [2.75, 3.05) is 0 Å². The highest BCUT2D eigenvalue weighted by Gasteiger charge is 2.17. The van der Waals surface area contributed by atoms with Gasteiger partial charge in [-0.2, -0.15) is 0 Å². The molecule has 0 heterocycles. The Balaban J connectivity index is 2.42. The zero-order chi connectivity index (χ0) is 10.8. The lowest BCUT2D eigenvalue weighted by atomic mass is 10.1. The van der Waals surface area contributed by atoms with E-state index in [1.807, 2.05) is 20.8 Å². The van der Waals surface area contributed by atoms with E-state index in [9.17, 15) is 9.59 Å². The van der Waals surface area contributed by atoms with Crippen LogP contribution >= 0.6 is 0 Å². The van der Waals surface area contributed by atoms with Crippen LogP contribution in [0.15, 0.2) is 11.8 Å². The average molecular weight is 196 g/mol. The van der Waals surface area contributed by atoms with Crippen LogP contribution in [-0.4, -0.2) is 17.4 Å². The quantitative estimate of drug-likeness (QED) is 0.664. The number of rotatable bonds is 1. The molecule has 4 heteroatoms. The van der Waals surface area contributed by atoms with E-state index in [2.05, 4.69) is 10.6 Å². The third-order valence-corrected chi connectivity index (χ3v) is 1.74. The SMILES string of the molecule is CC(C)(C)NC(=O)NC1=CC(=O)CC1. The minimum absolute atomic E-state index is 0.0797. The van der Waals surface area contributed by atoms with Gasteiger partial charge in [0.05, 0.1) is 0 Å². The summed E-state index contributed by atoms with van der Waals surface area (Å²) in [4.78, 5) is 22.2. The van der Waals surface area contributed by atoms with Gasteiger partial charge < -0.3 is 10.6 Å². The van der Waals surface area contributed by atoms with Gasteiger partial charge in [0, 0.05) is 23.7 Å². The molecular formula is C10H16N2O2. The Morgan fingerprint density at radius 3 is 2.43 bits per heavy atom. The monoisotopic (exact) mass is 196 g/mol. The molecule has 4 nitrogen and oxygen atoms in total. The molecule has 1 aliphatic rings. The molecule has 2 amide bonds. The van der Waals surface area contributed by atoms with Crippen LogP contribution < -0.4 is 10.6 Å². The number of hydrogen-bond donors (Lipinski definition) is 2. The van der Waals surface area contributed by atoms with Crippen molar-refractivity contribution in [2.45, 2.75) is 39.2 Å². The van der Waals surface area contributed by atoms with Crippen molar-refractivity contribution in [1.29, 1.82) is 0 Å². The van der Waals surface area contributed by atoms with Crippen molar-refractivity contribution in [2.24, 2.45) is 0 Å². The molecule has 78 valence electrons. The largest absolute Gasteiger partial charge is 0.333 e. The highest BCUT2D eigenvalue weighted by Crippen LogP contribution is 2.11. The summed E-state index contributed by atoms with van der Waals surface area (Å²) in [7, 11) is 0. The molecule has 1 aliphatic carbocycles. The molecule has 0 spiro atoms. The summed E-state index contributed by atoms with van der Waals surface area (Å²) in [5, 5.41) is 5.41. The van der Waals surface area contributed by atoms with Crippen molar-refractivity contribution >= 4 is 11.8 Å². The van der Waals surface area contributed by atoms with Crippen LogP contribution in [0.3, 0.4) is 0 Å². The van der Waals surface area contributed by atoms with Crippen LogP contribution in [0.1, 0.15) is 33.6 Å². The smallest absolute Gasteiger partial charge is 0.319 e. The van der Waals surface area contributed by atoms with E-state index in [1.54, 1.807) is 0 Å². The summed E-state index contributed by atoms with van der Waals surface area (Å²) >= 11 is 0. The Morgan fingerprint density at radius 1 is 1.36 bits per heavy atom. The number of carbonyl (C=O) groups is 2. The normalized spacial score (nSPS) is 16.5. The first kappa shape index (κ1) is 10.8. The summed E-state index contributed by atoms with van der Waals surface area (Å²) in [5.74, 6) is 0.0797. The fraction of sp³-hybridized carbons (Fsp3) is 0.600. The van der Waals surface area contributed by atoms with Crippen molar-refractivity contribution < 1.29 is 9.59 Å². The van der Waals surface area contributed by atoms with E-state index in [4.69, 9.17) is 0 Å². The second kappa shape index (κ2) is 3.82. The summed E-state index contributed by atoms with van der Waals surface area (Å²) in [6, 6.07) is -0.251. The molecule has 2 N–H and O–H groups in total. The zero-order valence-corrected chi connectivity index (χ0v) is 8.81. The lowest BCUT2D eigenvalue weighted by Crippen LogP contribution is -2.45. The molecule has 14 heavy (non-hydrogen) atoms. The van der Waals surface area contributed by atoms with Gasteiger partial charge in [-0.25, -0.2) is 4.79 Å². The van der Waals surface area contributed by atoms with Gasteiger partial charge in [-0.15, -0.1) is 0 Å². The summed E-state index contributed by atoms with van der Waals surface area (Å²) in [6.45, 7) is 5.71. The Hall–Kier alpha value is -1.32. The molecule has 0 fully saturated rings. The number of urea groups is 1. The van der Waals surface area contributed by atoms with Crippen LogP contribution in [0.4, 0.5) is 4.79 Å². The molecule has 0 aromatic rings. The van der Waals surface area contributed by atoms with Crippen LogP contribution in [-0.2, 0) is 4.79 Å². The molecule has 0 radical (unpaired) electrons. The predicted octanol–water partition coefficient (Wildman–Crippen LogP) is 1.33. The van der Waals surface area contributed by atoms with Crippen LogP contribution in [0.2, 0.25) is 0 Å². The summed E-state index contributed by atoms with van der Waals surface area (Å²) in [5.41, 5.74) is 0.449. The van der Waals surface area contributed by atoms with E-state index in [0.29, 0.717) is 18.5 Å². The Morgan fingerprint density at radius 2 is 2.00 bits per heavy atom. The van der Waals surface area contributed by atoms with E-state index < -0.39 is 0 Å². The number of hydrogen-bond acceptors (Lipinski definition) is 2. The predicted molar refractivity (Wildman–Crippen MR) is 53.7 cm³/mol. The van der Waals surface area contributed by atoms with Gasteiger partial charge >= 0.3 is 6.03 Å². The summed E-state index contributed by atoms with van der Waals surface area (Å²) in [6.07, 6.45) is 2.63. The third-order valence-electron chi connectivity index (χ3n) is 1.74. The highest BCUT2D eigenvalue weighted by atomic mass is 16.2. The maximum atomic E-state index is 11.3. The third kappa shape index (κ3) is 3.60. The first-order valence-corrected chi connectivity index (χ1v) is 4.69. The summed E-state index contributed by atoms with van der Waals surface area (Å²) < 4.78 is 0. The molecule has 0 aliphatic heterocycles. The number of nitrogens with one attached hydrogen (secondary N) is 2. The zero-order valence-electron chi connectivity index (χ0n) is 8.81. The van der Waals surface area contributed by atoms with Gasteiger partial charge in [0.15, 0.2) is 5.78 Å². The van der Waals surface area contributed by atoms with Gasteiger partial charge in [0.25, 0.3) is 0 Å². The second-order valence-electron chi connectivity index (χ2n) is 4.47. The molecule has 0 aromatic carbocycles. The number of allylic oxidation sites excluding steroid dienone is 2. The molecule has 0 saturated carbocycles. The van der Waals surface area contributed by atoms with Crippen molar-refractivity contribution in [3.05, 3.63) is 11.8 Å². The van der Waals surface area contributed by atoms with Gasteiger partial charge in [0.2, 0.25) is 0 Å². The van der Waals surface area contributed by atoms with Gasteiger partial charge in [-0.05, 0) is 27.2 Å². The van der Waals surface area contributed by atoms with Gasteiger partial charge in [-0.3, -0.25) is 4.79 Å². The van der Waals surface area contributed by atoms with E-state index >= 15 is 0 Å². The lowest BCUT2D eigenvalue weighted by Gasteiger charge is -2.20. The Kier molecular flexibility index (Phi) is 2.93. The van der Waals surface area contributed by atoms with Crippen molar-refractivity contribution in [1.82, 2.24) is 10.6 Å². The number of carbonyl (C=O) groups excluding carboxylic acids is 2. The Labute approximate surface area is 83.8 Å². The maximum Gasteiger partial charge on any atom is 0.319 e.